The van der Waals surface area contributed by atoms with Crippen LogP contribution in [0.2, 0.25) is 0 Å². The zero-order chi connectivity index (χ0) is 10.3. The van der Waals surface area contributed by atoms with Gasteiger partial charge in [-0.1, -0.05) is 6.92 Å². The molecule has 0 amide bonds. The standard InChI is InChI=1S/C9H20O4/c1-4-9(12-6-7(2)11)13-8(3)5-10/h7-11H,4-6H2,1-3H3. The summed E-state index contributed by atoms with van der Waals surface area (Å²) in [7, 11) is 0. The molecule has 0 aliphatic rings. The molecule has 0 aromatic carbocycles. The van der Waals surface area contributed by atoms with E-state index in [1.165, 1.54) is 0 Å². The largest absolute Gasteiger partial charge is 0.394 e. The first kappa shape index (κ1) is 12.8. The van der Waals surface area contributed by atoms with E-state index < -0.39 is 6.10 Å². The SMILES string of the molecule is CCC(OCC(C)O)OC(C)CO. The van der Waals surface area contributed by atoms with Crippen molar-refractivity contribution in [1.29, 1.82) is 0 Å². The minimum absolute atomic E-state index is 0.0193. The third-order valence-corrected chi connectivity index (χ3v) is 1.50. The van der Waals surface area contributed by atoms with Crippen molar-refractivity contribution in [2.45, 2.75) is 45.7 Å². The lowest BCUT2D eigenvalue weighted by Gasteiger charge is -2.21. The lowest BCUT2D eigenvalue weighted by Crippen LogP contribution is -2.27. The Bertz CT molecular complexity index is 116. The zero-order valence-corrected chi connectivity index (χ0v) is 8.56. The van der Waals surface area contributed by atoms with Crippen LogP contribution >= 0.6 is 0 Å². The van der Waals surface area contributed by atoms with Crippen LogP contribution in [0.4, 0.5) is 0 Å². The maximum atomic E-state index is 8.96. The van der Waals surface area contributed by atoms with Crippen LogP contribution in [0.25, 0.3) is 0 Å². The van der Waals surface area contributed by atoms with Gasteiger partial charge in [-0.25, -0.2) is 0 Å². The molecule has 0 aliphatic heterocycles. The van der Waals surface area contributed by atoms with Crippen molar-refractivity contribution < 1.29 is 19.7 Å². The minimum atomic E-state index is -0.484. The summed E-state index contributed by atoms with van der Waals surface area (Å²) >= 11 is 0. The molecule has 4 heteroatoms. The smallest absolute Gasteiger partial charge is 0.157 e. The Hall–Kier alpha value is -0.160. The second-order valence-corrected chi connectivity index (χ2v) is 3.15. The second-order valence-electron chi connectivity index (χ2n) is 3.15. The first-order valence-corrected chi connectivity index (χ1v) is 4.66. The summed E-state index contributed by atoms with van der Waals surface area (Å²) in [5.41, 5.74) is 0. The van der Waals surface area contributed by atoms with Gasteiger partial charge in [0.05, 0.1) is 25.4 Å². The van der Waals surface area contributed by atoms with Crippen molar-refractivity contribution in [1.82, 2.24) is 0 Å². The third kappa shape index (κ3) is 6.95. The number of aliphatic hydroxyl groups excluding tert-OH is 2. The van der Waals surface area contributed by atoms with Gasteiger partial charge in [-0.05, 0) is 20.3 Å². The van der Waals surface area contributed by atoms with Crippen molar-refractivity contribution in [3.8, 4) is 0 Å². The quantitative estimate of drug-likeness (QED) is 0.577. The molecule has 3 atom stereocenters. The van der Waals surface area contributed by atoms with E-state index in [9.17, 15) is 0 Å². The maximum absolute atomic E-state index is 8.96. The lowest BCUT2D eigenvalue weighted by atomic mass is 10.4. The summed E-state index contributed by atoms with van der Waals surface area (Å²) < 4.78 is 10.6. The Labute approximate surface area is 79.5 Å². The highest BCUT2D eigenvalue weighted by atomic mass is 16.7. The van der Waals surface area contributed by atoms with Crippen LogP contribution in [-0.4, -0.2) is 41.9 Å². The molecule has 0 saturated carbocycles. The highest BCUT2D eigenvalue weighted by molar-refractivity contribution is 4.50. The Morgan fingerprint density at radius 2 is 1.92 bits per heavy atom. The van der Waals surface area contributed by atoms with Gasteiger partial charge in [-0.2, -0.15) is 0 Å². The zero-order valence-electron chi connectivity index (χ0n) is 8.56. The summed E-state index contributed by atoms with van der Waals surface area (Å²) in [6.07, 6.45) is -0.338. The number of ether oxygens (including phenoxy) is 2. The van der Waals surface area contributed by atoms with Gasteiger partial charge < -0.3 is 19.7 Å². The van der Waals surface area contributed by atoms with Crippen LogP contribution < -0.4 is 0 Å². The average Bonchev–Trinajstić information content (AvgIpc) is 2.11. The number of aliphatic hydroxyl groups is 2. The Kier molecular flexibility index (Phi) is 7.17. The van der Waals surface area contributed by atoms with Crippen LogP contribution in [0.15, 0.2) is 0 Å². The molecule has 0 spiro atoms. The summed E-state index contributed by atoms with van der Waals surface area (Å²) in [5, 5.41) is 17.7. The molecule has 0 aliphatic carbocycles. The van der Waals surface area contributed by atoms with E-state index in [0.29, 0.717) is 6.42 Å². The van der Waals surface area contributed by atoms with Gasteiger partial charge in [0.1, 0.15) is 0 Å². The van der Waals surface area contributed by atoms with Gasteiger partial charge in [-0.3, -0.25) is 0 Å². The Morgan fingerprint density at radius 1 is 1.31 bits per heavy atom. The van der Waals surface area contributed by atoms with Gasteiger partial charge in [0.2, 0.25) is 0 Å². The molecule has 2 N–H and O–H groups in total. The van der Waals surface area contributed by atoms with Crippen molar-refractivity contribution in [2.24, 2.45) is 0 Å². The van der Waals surface area contributed by atoms with Crippen LogP contribution in [0.3, 0.4) is 0 Å². The van der Waals surface area contributed by atoms with Gasteiger partial charge in [0.15, 0.2) is 6.29 Å². The number of hydrogen-bond donors (Lipinski definition) is 2. The van der Waals surface area contributed by atoms with Gasteiger partial charge in [0, 0.05) is 0 Å². The summed E-state index contributed by atoms with van der Waals surface area (Å²) in [6, 6.07) is 0. The molecule has 0 bridgehead atoms. The van der Waals surface area contributed by atoms with Gasteiger partial charge in [-0.15, -0.1) is 0 Å². The monoisotopic (exact) mass is 192 g/mol. The maximum Gasteiger partial charge on any atom is 0.157 e. The van der Waals surface area contributed by atoms with Crippen molar-refractivity contribution in [2.75, 3.05) is 13.2 Å². The van der Waals surface area contributed by atoms with Crippen molar-refractivity contribution in [3.63, 3.8) is 0 Å². The molecule has 0 aromatic rings. The Balaban J connectivity index is 3.62. The molecule has 13 heavy (non-hydrogen) atoms. The van der Waals surface area contributed by atoms with Gasteiger partial charge >= 0.3 is 0 Å². The average molecular weight is 192 g/mol. The van der Waals surface area contributed by atoms with Crippen LogP contribution in [0.1, 0.15) is 27.2 Å². The molecule has 3 unspecified atom stereocenters. The molecule has 0 radical (unpaired) electrons. The van der Waals surface area contributed by atoms with E-state index in [4.69, 9.17) is 19.7 Å². The molecule has 0 saturated heterocycles. The third-order valence-electron chi connectivity index (χ3n) is 1.50. The molecular formula is C9H20O4. The summed E-state index contributed by atoms with van der Waals surface area (Å²) in [5.74, 6) is 0. The van der Waals surface area contributed by atoms with Crippen molar-refractivity contribution >= 4 is 0 Å². The van der Waals surface area contributed by atoms with Crippen LogP contribution in [-0.2, 0) is 9.47 Å². The van der Waals surface area contributed by atoms with E-state index in [2.05, 4.69) is 0 Å². The van der Waals surface area contributed by atoms with Crippen LogP contribution in [0.5, 0.6) is 0 Å². The summed E-state index contributed by atoms with van der Waals surface area (Å²) in [4.78, 5) is 0. The second kappa shape index (κ2) is 7.26. The molecule has 4 nitrogen and oxygen atoms in total. The predicted octanol–water partition coefficient (Wildman–Crippen LogP) is 0.517. The lowest BCUT2D eigenvalue weighted by molar-refractivity contribution is -0.184. The highest BCUT2D eigenvalue weighted by Gasteiger charge is 2.11. The fraction of sp³-hybridized carbons (Fsp3) is 1.00. The highest BCUT2D eigenvalue weighted by Crippen LogP contribution is 2.04. The van der Waals surface area contributed by atoms with Gasteiger partial charge in [0.25, 0.3) is 0 Å². The molecule has 80 valence electrons. The van der Waals surface area contributed by atoms with E-state index >= 15 is 0 Å². The Morgan fingerprint density at radius 3 is 2.31 bits per heavy atom. The van der Waals surface area contributed by atoms with Crippen LogP contribution in [0, 0.1) is 0 Å². The van der Waals surface area contributed by atoms with E-state index in [0.717, 1.165) is 0 Å². The fourth-order valence-corrected chi connectivity index (χ4v) is 0.802. The molecular weight excluding hydrogens is 172 g/mol. The molecule has 0 fully saturated rings. The van der Waals surface area contributed by atoms with E-state index in [1.807, 2.05) is 6.92 Å². The predicted molar refractivity (Wildman–Crippen MR) is 49.3 cm³/mol. The first-order chi connectivity index (χ1) is 6.10. The topological polar surface area (TPSA) is 58.9 Å². The number of hydrogen-bond acceptors (Lipinski definition) is 4. The summed E-state index contributed by atoms with van der Waals surface area (Å²) in [6.45, 7) is 5.60. The number of rotatable bonds is 7. The molecule has 0 aromatic heterocycles. The molecule has 0 heterocycles. The van der Waals surface area contributed by atoms with Crippen molar-refractivity contribution in [3.05, 3.63) is 0 Å². The van der Waals surface area contributed by atoms with E-state index in [1.54, 1.807) is 13.8 Å². The molecule has 0 rings (SSSR count). The minimum Gasteiger partial charge on any atom is -0.394 e. The fourth-order valence-electron chi connectivity index (χ4n) is 0.802. The first-order valence-electron chi connectivity index (χ1n) is 4.66. The van der Waals surface area contributed by atoms with E-state index in [-0.39, 0.29) is 25.6 Å². The normalized spacial score (nSPS) is 18.2.